The van der Waals surface area contributed by atoms with Crippen molar-refractivity contribution in [1.29, 1.82) is 0 Å². The average molecular weight is 415 g/mol. The molecule has 6 heteroatoms. The normalized spacial score (nSPS) is 11.2. The van der Waals surface area contributed by atoms with E-state index in [1.54, 1.807) is 7.11 Å². The van der Waals surface area contributed by atoms with Crippen LogP contribution in [-0.2, 0) is 28.2 Å². The second-order valence-electron chi connectivity index (χ2n) is 7.93. The van der Waals surface area contributed by atoms with Crippen molar-refractivity contribution in [2.24, 2.45) is 5.73 Å². The summed E-state index contributed by atoms with van der Waals surface area (Å²) >= 11 is 0. The van der Waals surface area contributed by atoms with Crippen LogP contribution in [0.5, 0.6) is 0 Å². The fourth-order valence-electron chi connectivity index (χ4n) is 3.25. The van der Waals surface area contributed by atoms with E-state index in [-0.39, 0.29) is 5.60 Å². The molecule has 0 unspecified atom stereocenters. The zero-order valence-corrected chi connectivity index (χ0v) is 19.4. The highest BCUT2D eigenvalue weighted by Gasteiger charge is 2.24. The molecule has 0 saturated carbocycles. The van der Waals surface area contributed by atoms with Crippen molar-refractivity contribution in [2.45, 2.75) is 66.2 Å². The first-order chi connectivity index (χ1) is 14.3. The van der Waals surface area contributed by atoms with E-state index < -0.39 is 0 Å². The van der Waals surface area contributed by atoms with Gasteiger partial charge in [-0.3, -0.25) is 14.9 Å². The van der Waals surface area contributed by atoms with Crippen molar-refractivity contribution < 1.29 is 9.53 Å². The number of aromatic nitrogens is 2. The number of pyridine rings is 2. The smallest absolute Gasteiger partial charge is 0.116 e. The number of aryl methyl sites for hydroxylation is 2. The molecule has 30 heavy (non-hydrogen) atoms. The zero-order chi connectivity index (χ0) is 22.6. The molecule has 0 aliphatic heterocycles. The Morgan fingerprint density at radius 3 is 2.43 bits per heavy atom. The van der Waals surface area contributed by atoms with Gasteiger partial charge in [-0.2, -0.15) is 0 Å². The number of unbranched alkanes of at least 4 members (excludes halogenated alkanes) is 1. The topological polar surface area (TPSA) is 81.3 Å². The van der Waals surface area contributed by atoms with Crippen molar-refractivity contribution in [2.75, 3.05) is 20.2 Å². The third-order valence-corrected chi connectivity index (χ3v) is 5.05. The standard InChI is InChI=1S/C22H34N4O.C2H4O/c1-17-13-18(2)20(25-14-17)15-26(12-7-6-10-23)16-21-19(9-8-11-24-21)22(3,4)27-5;1-2-3/h8-9,11,13-14H,6-7,10,12,15-16,23H2,1-5H3;2H,1H3. The minimum Gasteiger partial charge on any atom is -0.374 e. The molecule has 0 bridgehead atoms. The van der Waals surface area contributed by atoms with Crippen LogP contribution in [0.3, 0.4) is 0 Å². The van der Waals surface area contributed by atoms with Crippen LogP contribution in [0.15, 0.2) is 30.6 Å². The van der Waals surface area contributed by atoms with Gasteiger partial charge in [-0.05, 0) is 77.7 Å². The Kier molecular flexibility index (Phi) is 11.4. The summed E-state index contributed by atoms with van der Waals surface area (Å²) in [5, 5.41) is 0. The van der Waals surface area contributed by atoms with Gasteiger partial charge in [0, 0.05) is 38.2 Å². The van der Waals surface area contributed by atoms with Crippen molar-refractivity contribution in [1.82, 2.24) is 14.9 Å². The van der Waals surface area contributed by atoms with Gasteiger partial charge in [-0.25, -0.2) is 0 Å². The highest BCUT2D eigenvalue weighted by atomic mass is 16.5. The summed E-state index contributed by atoms with van der Waals surface area (Å²) in [6, 6.07) is 6.28. The maximum atomic E-state index is 8.81. The van der Waals surface area contributed by atoms with E-state index in [0.717, 1.165) is 62.3 Å². The molecule has 0 aliphatic rings. The molecule has 2 aromatic heterocycles. The van der Waals surface area contributed by atoms with Gasteiger partial charge in [-0.15, -0.1) is 0 Å². The quantitative estimate of drug-likeness (QED) is 0.469. The number of nitrogens with two attached hydrogens (primary N) is 1. The summed E-state index contributed by atoms with van der Waals surface area (Å²) in [5.41, 5.74) is 11.1. The molecule has 0 saturated heterocycles. The summed E-state index contributed by atoms with van der Waals surface area (Å²) in [6.45, 7) is 13.1. The van der Waals surface area contributed by atoms with Crippen LogP contribution in [0, 0.1) is 13.8 Å². The van der Waals surface area contributed by atoms with Crippen molar-refractivity contribution in [3.63, 3.8) is 0 Å². The molecule has 2 rings (SSSR count). The van der Waals surface area contributed by atoms with E-state index in [1.165, 1.54) is 18.1 Å². The number of ether oxygens (including phenoxy) is 1. The fraction of sp³-hybridized carbons (Fsp3) is 0.542. The summed E-state index contributed by atoms with van der Waals surface area (Å²) in [5.74, 6) is 0. The second kappa shape index (κ2) is 13.2. The van der Waals surface area contributed by atoms with E-state index in [9.17, 15) is 0 Å². The number of carbonyl (C=O) groups excluding carboxylic acids is 1. The molecule has 0 spiro atoms. The minimum atomic E-state index is -0.370. The van der Waals surface area contributed by atoms with Crippen LogP contribution in [0.25, 0.3) is 0 Å². The number of aldehydes is 1. The van der Waals surface area contributed by atoms with Crippen LogP contribution in [-0.4, -0.2) is 41.4 Å². The molecule has 0 aliphatic carbocycles. The van der Waals surface area contributed by atoms with Crippen molar-refractivity contribution in [3.05, 3.63) is 58.7 Å². The third-order valence-electron chi connectivity index (χ3n) is 5.05. The molecule has 6 nitrogen and oxygen atoms in total. The Labute approximate surface area is 181 Å². The van der Waals surface area contributed by atoms with Gasteiger partial charge in [0.25, 0.3) is 0 Å². The molecule has 0 fully saturated rings. The van der Waals surface area contributed by atoms with Crippen LogP contribution in [0.1, 0.15) is 61.7 Å². The molecule has 2 heterocycles. The predicted molar refractivity (Wildman–Crippen MR) is 122 cm³/mol. The number of hydrogen-bond donors (Lipinski definition) is 1. The molecule has 0 radical (unpaired) electrons. The SMILES string of the molecule is CC=O.COC(C)(C)c1cccnc1CN(CCCCN)Cc1ncc(C)cc1C. The summed E-state index contributed by atoms with van der Waals surface area (Å²) in [6.07, 6.45) is 6.64. The summed E-state index contributed by atoms with van der Waals surface area (Å²) in [7, 11) is 1.75. The molecule has 2 N–H and O–H groups in total. The van der Waals surface area contributed by atoms with Gasteiger partial charge in [0.05, 0.1) is 17.0 Å². The predicted octanol–water partition coefficient (Wildman–Crippen LogP) is 3.92. The van der Waals surface area contributed by atoms with Crippen LogP contribution in [0.4, 0.5) is 0 Å². The number of nitrogens with zero attached hydrogens (tertiary/aromatic N) is 3. The first-order valence-corrected chi connectivity index (χ1v) is 10.5. The lowest BCUT2D eigenvalue weighted by Crippen LogP contribution is -2.29. The van der Waals surface area contributed by atoms with E-state index in [4.69, 9.17) is 15.3 Å². The monoisotopic (exact) mass is 414 g/mol. The average Bonchev–Trinajstić information content (AvgIpc) is 2.71. The van der Waals surface area contributed by atoms with Crippen LogP contribution >= 0.6 is 0 Å². The highest BCUT2D eigenvalue weighted by Crippen LogP contribution is 2.27. The van der Waals surface area contributed by atoms with Gasteiger partial charge >= 0.3 is 0 Å². The summed E-state index contributed by atoms with van der Waals surface area (Å²) in [4.78, 5) is 20.6. The molecule has 166 valence electrons. The Balaban J connectivity index is 0.00000141. The largest absolute Gasteiger partial charge is 0.374 e. The number of hydrogen-bond acceptors (Lipinski definition) is 6. The Hall–Kier alpha value is -2.15. The first-order valence-electron chi connectivity index (χ1n) is 10.5. The van der Waals surface area contributed by atoms with Crippen LogP contribution < -0.4 is 5.73 Å². The van der Waals surface area contributed by atoms with E-state index in [2.05, 4.69) is 54.7 Å². The van der Waals surface area contributed by atoms with Gasteiger partial charge < -0.3 is 15.3 Å². The molecule has 2 aromatic rings. The lowest BCUT2D eigenvalue weighted by Gasteiger charge is -2.28. The Morgan fingerprint density at radius 1 is 1.17 bits per heavy atom. The van der Waals surface area contributed by atoms with E-state index in [1.807, 2.05) is 18.5 Å². The molecular weight excluding hydrogens is 376 g/mol. The summed E-state index contributed by atoms with van der Waals surface area (Å²) < 4.78 is 5.71. The minimum absolute atomic E-state index is 0.370. The lowest BCUT2D eigenvalue weighted by molar-refractivity contribution is -0.106. The van der Waals surface area contributed by atoms with Gasteiger partial charge in [0.2, 0.25) is 0 Å². The fourth-order valence-corrected chi connectivity index (χ4v) is 3.25. The highest BCUT2D eigenvalue weighted by molar-refractivity contribution is 5.44. The van der Waals surface area contributed by atoms with Crippen molar-refractivity contribution in [3.8, 4) is 0 Å². The van der Waals surface area contributed by atoms with E-state index >= 15 is 0 Å². The Bertz CT molecular complexity index is 778. The van der Waals surface area contributed by atoms with Gasteiger partial charge in [-0.1, -0.05) is 12.1 Å². The number of carbonyl (C=O) groups is 1. The molecule has 0 atom stereocenters. The van der Waals surface area contributed by atoms with Crippen LogP contribution in [0.2, 0.25) is 0 Å². The maximum absolute atomic E-state index is 8.81. The lowest BCUT2D eigenvalue weighted by atomic mass is 9.96. The number of methoxy groups -OCH3 is 1. The molecular formula is C24H38N4O2. The maximum Gasteiger partial charge on any atom is 0.116 e. The number of rotatable bonds is 10. The third kappa shape index (κ3) is 8.30. The van der Waals surface area contributed by atoms with E-state index in [0.29, 0.717) is 0 Å². The molecule has 0 amide bonds. The first kappa shape index (κ1) is 25.9. The van der Waals surface area contributed by atoms with Gasteiger partial charge in [0.15, 0.2) is 0 Å². The van der Waals surface area contributed by atoms with Gasteiger partial charge in [0.1, 0.15) is 6.29 Å². The zero-order valence-electron chi connectivity index (χ0n) is 19.4. The van der Waals surface area contributed by atoms with Crippen molar-refractivity contribution >= 4 is 6.29 Å². The second-order valence-corrected chi connectivity index (χ2v) is 7.93. The Morgan fingerprint density at radius 2 is 1.83 bits per heavy atom. The molecule has 0 aromatic carbocycles.